The van der Waals surface area contributed by atoms with Crippen LogP contribution in [0, 0.1) is 17.8 Å². The van der Waals surface area contributed by atoms with Gasteiger partial charge in [0, 0.05) is 13.1 Å². The lowest BCUT2D eigenvalue weighted by atomic mass is 9.75. The molecule has 8 nitrogen and oxygen atoms in total. The van der Waals surface area contributed by atoms with Gasteiger partial charge in [-0.25, -0.2) is 18.0 Å². The number of hydrogen-bond donors (Lipinski definition) is 1. The maximum Gasteiger partial charge on any atom is 0.344 e. The molecule has 0 spiro atoms. The third kappa shape index (κ3) is 6.22. The summed E-state index contributed by atoms with van der Waals surface area (Å²) in [7, 11) is -3.82. The van der Waals surface area contributed by atoms with E-state index in [-0.39, 0.29) is 35.6 Å². The molecule has 1 aliphatic rings. The van der Waals surface area contributed by atoms with Gasteiger partial charge in [0.1, 0.15) is 17.4 Å². The van der Waals surface area contributed by atoms with Crippen molar-refractivity contribution in [3.8, 4) is 5.75 Å². The van der Waals surface area contributed by atoms with Gasteiger partial charge >= 0.3 is 11.9 Å². The van der Waals surface area contributed by atoms with Crippen LogP contribution in [0.3, 0.4) is 0 Å². The molecule has 2 rings (SSSR count). The molecule has 1 fully saturated rings. The average molecular weight is 470 g/mol. The molecule has 0 aromatic heterocycles. The van der Waals surface area contributed by atoms with Crippen LogP contribution in [0.2, 0.25) is 0 Å². The first kappa shape index (κ1) is 26.1. The molecule has 32 heavy (non-hydrogen) atoms. The zero-order chi connectivity index (χ0) is 24.1. The van der Waals surface area contributed by atoms with Gasteiger partial charge in [0.05, 0.1) is 4.90 Å². The largest absolute Gasteiger partial charge is 0.507 e. The molecule has 0 unspecified atom stereocenters. The van der Waals surface area contributed by atoms with Gasteiger partial charge in [0.25, 0.3) is 0 Å². The van der Waals surface area contributed by atoms with Crippen LogP contribution in [-0.2, 0) is 24.3 Å². The summed E-state index contributed by atoms with van der Waals surface area (Å²) < 4.78 is 37.3. The Balaban J connectivity index is 2.07. The fourth-order valence-electron chi connectivity index (χ4n) is 4.21. The number of hydrogen-bond acceptors (Lipinski definition) is 7. The zero-order valence-corrected chi connectivity index (χ0v) is 20.4. The van der Waals surface area contributed by atoms with Crippen LogP contribution in [0.4, 0.5) is 0 Å². The van der Waals surface area contributed by atoms with Crippen LogP contribution in [0.1, 0.15) is 64.2 Å². The molecular weight excluding hydrogens is 434 g/mol. The molecule has 180 valence electrons. The Bertz CT molecular complexity index is 909. The first-order valence-corrected chi connectivity index (χ1v) is 12.6. The third-order valence-corrected chi connectivity index (χ3v) is 8.14. The summed E-state index contributed by atoms with van der Waals surface area (Å²) in [5.41, 5.74) is -0.322. The molecule has 3 atom stereocenters. The normalized spacial score (nSPS) is 21.5. The highest BCUT2D eigenvalue weighted by molar-refractivity contribution is 7.89. The molecule has 0 amide bonds. The Morgan fingerprint density at radius 3 is 2.44 bits per heavy atom. The van der Waals surface area contributed by atoms with Crippen LogP contribution >= 0.6 is 0 Å². The predicted octanol–water partition coefficient (Wildman–Crippen LogP) is 3.58. The highest BCUT2D eigenvalue weighted by Crippen LogP contribution is 2.35. The quantitative estimate of drug-likeness (QED) is 0.550. The van der Waals surface area contributed by atoms with E-state index in [0.29, 0.717) is 11.8 Å². The van der Waals surface area contributed by atoms with E-state index in [1.165, 1.54) is 10.4 Å². The number of esters is 2. The fraction of sp³-hybridized carbons (Fsp3) is 0.652. The van der Waals surface area contributed by atoms with Crippen LogP contribution in [0.5, 0.6) is 5.75 Å². The minimum Gasteiger partial charge on any atom is -0.507 e. The van der Waals surface area contributed by atoms with Gasteiger partial charge in [0.15, 0.2) is 6.61 Å². The van der Waals surface area contributed by atoms with Crippen molar-refractivity contribution in [3.63, 3.8) is 0 Å². The topological polar surface area (TPSA) is 110 Å². The van der Waals surface area contributed by atoms with Crippen LogP contribution < -0.4 is 0 Å². The molecule has 1 saturated carbocycles. The fourth-order valence-corrected chi connectivity index (χ4v) is 5.69. The maximum atomic E-state index is 12.7. The second-order valence-electron chi connectivity index (χ2n) is 8.70. The van der Waals surface area contributed by atoms with Gasteiger partial charge in [-0.3, -0.25) is 0 Å². The molecule has 0 saturated heterocycles. The van der Waals surface area contributed by atoms with Crippen LogP contribution in [0.25, 0.3) is 0 Å². The molecule has 0 aliphatic heterocycles. The number of rotatable bonds is 9. The summed E-state index contributed by atoms with van der Waals surface area (Å²) in [5, 5.41) is 10.0. The number of phenolic OH excluding ortho intramolecular Hbond substituents is 1. The Hall–Kier alpha value is -2.13. The second kappa shape index (κ2) is 11.1. The lowest BCUT2D eigenvalue weighted by Gasteiger charge is -2.36. The van der Waals surface area contributed by atoms with Crippen molar-refractivity contribution in [2.45, 2.75) is 64.9 Å². The molecular formula is C23H35NO7S. The van der Waals surface area contributed by atoms with E-state index in [4.69, 9.17) is 9.47 Å². The van der Waals surface area contributed by atoms with E-state index < -0.39 is 34.3 Å². The second-order valence-corrected chi connectivity index (χ2v) is 10.6. The van der Waals surface area contributed by atoms with E-state index in [1.807, 2.05) is 0 Å². The van der Waals surface area contributed by atoms with Crippen LogP contribution in [0.15, 0.2) is 23.1 Å². The minimum absolute atomic E-state index is 0.135. The van der Waals surface area contributed by atoms with Crippen molar-refractivity contribution in [2.24, 2.45) is 17.8 Å². The molecule has 1 aromatic rings. The highest BCUT2D eigenvalue weighted by atomic mass is 32.2. The van der Waals surface area contributed by atoms with Crippen LogP contribution in [-0.4, -0.2) is 55.6 Å². The SMILES string of the molecule is CCN(CC)S(=O)(=O)c1ccc(O)c(C(=O)OCC(=O)O[C@@H]2C[C@@H](C)CC[C@@H]2C(C)C)c1. The molecule has 0 radical (unpaired) electrons. The smallest absolute Gasteiger partial charge is 0.344 e. The Kier molecular flexibility index (Phi) is 9.09. The number of aromatic hydroxyl groups is 1. The molecule has 1 aliphatic carbocycles. The van der Waals surface area contributed by atoms with Gasteiger partial charge in [-0.2, -0.15) is 4.31 Å². The number of nitrogens with zero attached hydrogens (tertiary/aromatic N) is 1. The van der Waals surface area contributed by atoms with Gasteiger partial charge in [-0.15, -0.1) is 0 Å². The van der Waals surface area contributed by atoms with Gasteiger partial charge in [0.2, 0.25) is 10.0 Å². The standard InChI is InChI=1S/C23H35NO7S/c1-6-24(7-2)32(28,29)17-9-11-20(25)19(13-17)23(27)30-14-22(26)31-21-12-16(5)8-10-18(21)15(3)4/h9,11,13,15-16,18,21,25H,6-8,10,12,14H2,1-5H3/t16-,18+,21+/m0/s1. The molecule has 0 bridgehead atoms. The lowest BCUT2D eigenvalue weighted by molar-refractivity contribution is -0.159. The average Bonchev–Trinajstić information content (AvgIpc) is 2.72. The Labute approximate surface area is 190 Å². The summed E-state index contributed by atoms with van der Waals surface area (Å²) in [6.45, 7) is 9.66. The first-order valence-electron chi connectivity index (χ1n) is 11.2. The Morgan fingerprint density at radius 1 is 1.19 bits per heavy atom. The highest BCUT2D eigenvalue weighted by Gasteiger charge is 2.33. The molecule has 0 heterocycles. The first-order chi connectivity index (χ1) is 15.0. The van der Waals surface area contributed by atoms with E-state index >= 15 is 0 Å². The lowest BCUT2D eigenvalue weighted by Crippen LogP contribution is -2.36. The van der Waals surface area contributed by atoms with Crippen molar-refractivity contribution in [1.29, 1.82) is 0 Å². The third-order valence-electron chi connectivity index (χ3n) is 6.10. The van der Waals surface area contributed by atoms with Crippen molar-refractivity contribution in [1.82, 2.24) is 4.31 Å². The Morgan fingerprint density at radius 2 is 1.84 bits per heavy atom. The molecule has 9 heteroatoms. The number of phenols is 1. The summed E-state index contributed by atoms with van der Waals surface area (Å²) in [4.78, 5) is 24.7. The number of carbonyl (C=O) groups is 2. The van der Waals surface area contributed by atoms with Gasteiger partial charge in [-0.05, 0) is 48.8 Å². The summed E-state index contributed by atoms with van der Waals surface area (Å²) in [5.74, 6) is -0.990. The van der Waals surface area contributed by atoms with E-state index in [0.717, 1.165) is 31.4 Å². The number of carbonyl (C=O) groups excluding carboxylic acids is 2. The number of ether oxygens (including phenoxy) is 2. The molecule has 1 N–H and O–H groups in total. The summed E-state index contributed by atoms with van der Waals surface area (Å²) >= 11 is 0. The van der Waals surface area contributed by atoms with E-state index in [9.17, 15) is 23.1 Å². The predicted molar refractivity (Wildman–Crippen MR) is 120 cm³/mol. The molecule has 1 aromatic carbocycles. The summed E-state index contributed by atoms with van der Waals surface area (Å²) in [6.07, 6.45) is 2.63. The minimum atomic E-state index is -3.82. The summed E-state index contributed by atoms with van der Waals surface area (Å²) in [6, 6.07) is 3.42. The van der Waals surface area contributed by atoms with Crippen molar-refractivity contribution in [3.05, 3.63) is 23.8 Å². The van der Waals surface area contributed by atoms with Crippen molar-refractivity contribution >= 4 is 22.0 Å². The van der Waals surface area contributed by atoms with Gasteiger partial charge < -0.3 is 14.6 Å². The monoisotopic (exact) mass is 469 g/mol. The van der Waals surface area contributed by atoms with E-state index in [2.05, 4.69) is 20.8 Å². The number of benzene rings is 1. The van der Waals surface area contributed by atoms with E-state index in [1.54, 1.807) is 13.8 Å². The van der Waals surface area contributed by atoms with Gasteiger partial charge in [-0.1, -0.05) is 41.0 Å². The maximum absolute atomic E-state index is 12.7. The zero-order valence-electron chi connectivity index (χ0n) is 19.5. The van der Waals surface area contributed by atoms with Crippen molar-refractivity contribution < 1.29 is 32.6 Å². The van der Waals surface area contributed by atoms with Crippen molar-refractivity contribution in [2.75, 3.05) is 19.7 Å². The number of sulfonamides is 1.